The molecule has 1 unspecified atom stereocenters. The van der Waals surface area contributed by atoms with Crippen molar-refractivity contribution in [2.75, 3.05) is 18.4 Å². The standard InChI is InChI=1S/C24H26N6O3/c1-29-19-9-5-4-8-18(19)26-20(29)14-25-21(31)15-30-13-12-24(11-10-22(30)32)27-17-7-3-2-6-16(17)23(33)28-24/h2-9,27H,10-15H2,1H3,(H,25,31)(H,28,33). The van der Waals surface area contributed by atoms with Crippen LogP contribution in [0.3, 0.4) is 0 Å². The van der Waals surface area contributed by atoms with E-state index in [1.54, 1.807) is 11.0 Å². The van der Waals surface area contributed by atoms with Crippen LogP contribution in [0.25, 0.3) is 11.0 Å². The first-order chi connectivity index (χ1) is 15.9. The average Bonchev–Trinajstić information content (AvgIpc) is 3.07. The number of imidazole rings is 1. The molecule has 1 spiro atoms. The van der Waals surface area contributed by atoms with Crippen molar-refractivity contribution in [3.05, 3.63) is 59.9 Å². The molecule has 2 aromatic carbocycles. The third-order valence-corrected chi connectivity index (χ3v) is 6.48. The molecule has 3 heterocycles. The highest BCUT2D eigenvalue weighted by Gasteiger charge is 2.40. The van der Waals surface area contributed by atoms with E-state index in [0.717, 1.165) is 22.5 Å². The average molecular weight is 447 g/mol. The van der Waals surface area contributed by atoms with Crippen LogP contribution >= 0.6 is 0 Å². The number of likely N-dealkylation sites (tertiary alicyclic amines) is 1. The molecule has 0 radical (unpaired) electrons. The summed E-state index contributed by atoms with van der Waals surface area (Å²) in [5, 5.41) is 9.35. The summed E-state index contributed by atoms with van der Waals surface area (Å²) < 4.78 is 1.95. The number of para-hydroxylation sites is 3. The van der Waals surface area contributed by atoms with Gasteiger partial charge in [0.1, 0.15) is 11.5 Å². The van der Waals surface area contributed by atoms with Crippen LogP contribution in [0.5, 0.6) is 0 Å². The number of rotatable bonds is 4. The quantitative estimate of drug-likeness (QED) is 0.566. The van der Waals surface area contributed by atoms with Gasteiger partial charge >= 0.3 is 0 Å². The predicted molar refractivity (Wildman–Crippen MR) is 123 cm³/mol. The monoisotopic (exact) mass is 446 g/mol. The first kappa shape index (κ1) is 21.0. The van der Waals surface area contributed by atoms with E-state index in [9.17, 15) is 14.4 Å². The molecular formula is C24H26N6O3. The third kappa shape index (κ3) is 4.02. The number of benzene rings is 2. The van der Waals surface area contributed by atoms with Gasteiger partial charge in [-0.15, -0.1) is 0 Å². The van der Waals surface area contributed by atoms with Crippen LogP contribution < -0.4 is 16.0 Å². The maximum atomic E-state index is 12.7. The molecule has 3 amide bonds. The molecule has 33 heavy (non-hydrogen) atoms. The first-order valence-corrected chi connectivity index (χ1v) is 11.1. The maximum Gasteiger partial charge on any atom is 0.255 e. The molecule has 1 aromatic heterocycles. The summed E-state index contributed by atoms with van der Waals surface area (Å²) in [5.41, 5.74) is 2.54. The van der Waals surface area contributed by atoms with E-state index in [0.29, 0.717) is 24.9 Å². The summed E-state index contributed by atoms with van der Waals surface area (Å²) in [5.74, 6) is 0.265. The Morgan fingerprint density at radius 2 is 1.88 bits per heavy atom. The number of anilines is 1. The largest absolute Gasteiger partial charge is 0.362 e. The maximum absolute atomic E-state index is 12.7. The summed E-state index contributed by atoms with van der Waals surface area (Å²) in [4.78, 5) is 44.1. The number of carbonyl (C=O) groups is 3. The van der Waals surface area contributed by atoms with Crippen LogP contribution in [-0.4, -0.2) is 50.9 Å². The molecule has 170 valence electrons. The van der Waals surface area contributed by atoms with Crippen molar-refractivity contribution in [2.24, 2.45) is 7.05 Å². The van der Waals surface area contributed by atoms with Crippen LogP contribution in [0, 0.1) is 0 Å². The number of nitrogens with zero attached hydrogens (tertiary/aromatic N) is 3. The minimum atomic E-state index is -0.695. The zero-order valence-corrected chi connectivity index (χ0v) is 18.4. The smallest absolute Gasteiger partial charge is 0.255 e. The number of fused-ring (bicyclic) bond motifs is 2. The Kier molecular flexibility index (Phi) is 5.24. The lowest BCUT2D eigenvalue weighted by Crippen LogP contribution is -2.58. The van der Waals surface area contributed by atoms with Crippen molar-refractivity contribution < 1.29 is 14.4 Å². The Hall–Kier alpha value is -3.88. The second-order valence-electron chi connectivity index (χ2n) is 8.62. The summed E-state index contributed by atoms with van der Waals surface area (Å²) in [6.45, 7) is 0.627. The normalized spacial score (nSPS) is 20.2. The lowest BCUT2D eigenvalue weighted by molar-refractivity contribution is -0.135. The second kappa shape index (κ2) is 8.23. The summed E-state index contributed by atoms with van der Waals surface area (Å²) >= 11 is 0. The fourth-order valence-corrected chi connectivity index (χ4v) is 4.60. The van der Waals surface area contributed by atoms with E-state index < -0.39 is 5.66 Å². The van der Waals surface area contributed by atoms with E-state index in [1.165, 1.54) is 0 Å². The van der Waals surface area contributed by atoms with Crippen molar-refractivity contribution in [2.45, 2.75) is 31.5 Å². The van der Waals surface area contributed by atoms with Crippen molar-refractivity contribution in [1.29, 1.82) is 0 Å². The number of aromatic nitrogens is 2. The molecule has 3 aromatic rings. The lowest BCUT2D eigenvalue weighted by Gasteiger charge is -2.39. The van der Waals surface area contributed by atoms with Crippen molar-refractivity contribution in [3.63, 3.8) is 0 Å². The summed E-state index contributed by atoms with van der Waals surface area (Å²) in [6.07, 6.45) is 1.22. The number of carbonyl (C=O) groups excluding carboxylic acids is 3. The van der Waals surface area contributed by atoms with E-state index >= 15 is 0 Å². The van der Waals surface area contributed by atoms with Crippen LogP contribution in [0.4, 0.5) is 5.69 Å². The topological polar surface area (TPSA) is 108 Å². The fourth-order valence-electron chi connectivity index (χ4n) is 4.60. The van der Waals surface area contributed by atoms with Gasteiger partial charge in [-0.25, -0.2) is 4.98 Å². The van der Waals surface area contributed by atoms with Gasteiger partial charge in [-0.3, -0.25) is 14.4 Å². The number of hydrogen-bond donors (Lipinski definition) is 3. The summed E-state index contributed by atoms with van der Waals surface area (Å²) in [7, 11) is 1.91. The predicted octanol–water partition coefficient (Wildman–Crippen LogP) is 1.75. The molecule has 9 heteroatoms. The molecule has 0 saturated carbocycles. The Labute approximate surface area is 191 Å². The Bertz CT molecular complexity index is 1250. The van der Waals surface area contributed by atoms with Gasteiger partial charge in [0.25, 0.3) is 5.91 Å². The molecule has 3 N–H and O–H groups in total. The highest BCUT2D eigenvalue weighted by Crippen LogP contribution is 2.31. The van der Waals surface area contributed by atoms with Gasteiger partial charge < -0.3 is 25.4 Å². The fraction of sp³-hybridized carbons (Fsp3) is 0.333. The molecular weight excluding hydrogens is 420 g/mol. The van der Waals surface area contributed by atoms with Crippen LogP contribution in [0.1, 0.15) is 35.4 Å². The van der Waals surface area contributed by atoms with Gasteiger partial charge in [-0.1, -0.05) is 24.3 Å². The van der Waals surface area contributed by atoms with Gasteiger partial charge in [-0.05, 0) is 30.7 Å². The van der Waals surface area contributed by atoms with Gasteiger partial charge in [0, 0.05) is 32.1 Å². The molecule has 0 bridgehead atoms. The Morgan fingerprint density at radius 1 is 1.09 bits per heavy atom. The molecule has 1 saturated heterocycles. The highest BCUT2D eigenvalue weighted by atomic mass is 16.2. The second-order valence-corrected chi connectivity index (χ2v) is 8.62. The van der Waals surface area contributed by atoms with Gasteiger partial charge in [0.2, 0.25) is 11.8 Å². The molecule has 2 aliphatic rings. The third-order valence-electron chi connectivity index (χ3n) is 6.48. The SMILES string of the molecule is Cn1c(CNC(=O)CN2CCC3(CCC2=O)NC(=O)c2ccccc2N3)nc2ccccc21. The van der Waals surface area contributed by atoms with Crippen molar-refractivity contribution >= 4 is 34.4 Å². The molecule has 1 fully saturated rings. The first-order valence-electron chi connectivity index (χ1n) is 11.1. The minimum absolute atomic E-state index is 0.0244. The Balaban J connectivity index is 1.22. The molecule has 5 rings (SSSR count). The van der Waals surface area contributed by atoms with Crippen molar-refractivity contribution in [1.82, 2.24) is 25.1 Å². The minimum Gasteiger partial charge on any atom is -0.362 e. The van der Waals surface area contributed by atoms with Crippen LogP contribution in [0.2, 0.25) is 0 Å². The zero-order chi connectivity index (χ0) is 23.0. The van der Waals surface area contributed by atoms with Crippen molar-refractivity contribution in [3.8, 4) is 0 Å². The van der Waals surface area contributed by atoms with Gasteiger partial charge in [-0.2, -0.15) is 0 Å². The van der Waals surface area contributed by atoms with E-state index in [4.69, 9.17) is 0 Å². The molecule has 0 aliphatic carbocycles. The molecule has 2 aliphatic heterocycles. The van der Waals surface area contributed by atoms with Crippen LogP contribution in [-0.2, 0) is 23.2 Å². The number of nitrogens with one attached hydrogen (secondary N) is 3. The van der Waals surface area contributed by atoms with Crippen LogP contribution in [0.15, 0.2) is 48.5 Å². The molecule has 9 nitrogen and oxygen atoms in total. The van der Waals surface area contributed by atoms with E-state index in [1.807, 2.05) is 54.1 Å². The summed E-state index contributed by atoms with van der Waals surface area (Å²) in [6, 6.07) is 15.1. The lowest BCUT2D eigenvalue weighted by atomic mass is 9.95. The number of amides is 3. The zero-order valence-electron chi connectivity index (χ0n) is 18.4. The Morgan fingerprint density at radius 3 is 2.73 bits per heavy atom. The highest BCUT2D eigenvalue weighted by molar-refractivity contribution is 6.02. The van der Waals surface area contributed by atoms with Gasteiger partial charge in [0.05, 0.1) is 29.7 Å². The number of aryl methyl sites for hydroxylation is 1. The van der Waals surface area contributed by atoms with E-state index in [2.05, 4.69) is 20.9 Å². The number of hydrogen-bond acceptors (Lipinski definition) is 5. The van der Waals surface area contributed by atoms with E-state index in [-0.39, 0.29) is 37.2 Å². The molecule has 1 atom stereocenters. The van der Waals surface area contributed by atoms with Gasteiger partial charge in [0.15, 0.2) is 0 Å².